The Morgan fingerprint density at radius 1 is 0.964 bits per heavy atom. The zero-order chi connectivity index (χ0) is 20.2. The van der Waals surface area contributed by atoms with Crippen molar-refractivity contribution in [3.63, 3.8) is 0 Å². The minimum absolute atomic E-state index is 0.133. The van der Waals surface area contributed by atoms with E-state index < -0.39 is 0 Å². The lowest BCUT2D eigenvalue weighted by Gasteiger charge is -2.11. The fourth-order valence-electron chi connectivity index (χ4n) is 2.35. The number of carbonyl (C=O) groups is 1. The average molecular weight is 386 g/mol. The van der Waals surface area contributed by atoms with Crippen molar-refractivity contribution >= 4 is 17.3 Å². The molecule has 28 heavy (non-hydrogen) atoms. The van der Waals surface area contributed by atoms with Gasteiger partial charge in [0.25, 0.3) is 0 Å². The number of benzene rings is 2. The predicted molar refractivity (Wildman–Crippen MR) is 112 cm³/mol. The highest BCUT2D eigenvalue weighted by Crippen LogP contribution is 2.18. The van der Waals surface area contributed by atoms with Gasteiger partial charge in [0.05, 0.1) is 19.8 Å². The van der Waals surface area contributed by atoms with Crippen molar-refractivity contribution in [3.8, 4) is 11.5 Å². The van der Waals surface area contributed by atoms with Gasteiger partial charge >= 0.3 is 0 Å². The van der Waals surface area contributed by atoms with Crippen molar-refractivity contribution in [1.29, 1.82) is 0 Å². The van der Waals surface area contributed by atoms with Crippen LogP contribution in [0.1, 0.15) is 20.8 Å². The molecule has 0 spiro atoms. The summed E-state index contributed by atoms with van der Waals surface area (Å²) in [5.74, 6) is 1.87. The van der Waals surface area contributed by atoms with Crippen LogP contribution in [0.2, 0.25) is 0 Å². The number of carbonyl (C=O) groups excluding carboxylic acids is 1. The summed E-state index contributed by atoms with van der Waals surface area (Å²) in [6.45, 7) is 8.70. The van der Waals surface area contributed by atoms with Crippen LogP contribution in [0.25, 0.3) is 0 Å². The van der Waals surface area contributed by atoms with E-state index in [0.717, 1.165) is 11.4 Å². The van der Waals surface area contributed by atoms with E-state index in [0.29, 0.717) is 43.8 Å². The third-order valence-electron chi connectivity index (χ3n) is 3.71. The molecule has 6 nitrogen and oxygen atoms in total. The zero-order valence-corrected chi connectivity index (χ0v) is 16.9. The number of nitrogens with one attached hydrogen (secondary N) is 2. The lowest BCUT2D eigenvalue weighted by Crippen LogP contribution is -2.21. The van der Waals surface area contributed by atoms with Gasteiger partial charge in [-0.15, -0.1) is 0 Å². The SMILES string of the molecule is CCOCCOc1cccc(NC(=O)CNc2ccc(OCC(C)C)cc2)c1. The Morgan fingerprint density at radius 3 is 2.46 bits per heavy atom. The molecule has 1 amide bonds. The second kappa shape index (κ2) is 11.9. The summed E-state index contributed by atoms with van der Waals surface area (Å²) in [5, 5.41) is 5.97. The highest BCUT2D eigenvalue weighted by Gasteiger charge is 2.04. The molecule has 0 heterocycles. The summed E-state index contributed by atoms with van der Waals surface area (Å²) in [6.07, 6.45) is 0. The first-order valence-corrected chi connectivity index (χ1v) is 9.64. The zero-order valence-electron chi connectivity index (χ0n) is 16.9. The molecule has 0 aliphatic rings. The first-order chi connectivity index (χ1) is 13.6. The first kappa shape index (κ1) is 21.6. The van der Waals surface area contributed by atoms with E-state index in [1.54, 1.807) is 6.07 Å². The highest BCUT2D eigenvalue weighted by atomic mass is 16.5. The smallest absolute Gasteiger partial charge is 0.243 e. The van der Waals surface area contributed by atoms with Gasteiger partial charge in [-0.05, 0) is 49.2 Å². The van der Waals surface area contributed by atoms with Crippen molar-refractivity contribution in [2.75, 3.05) is 43.6 Å². The van der Waals surface area contributed by atoms with Crippen LogP contribution in [0, 0.1) is 5.92 Å². The molecular weight excluding hydrogens is 356 g/mol. The Bertz CT molecular complexity index is 717. The van der Waals surface area contributed by atoms with Crippen LogP contribution >= 0.6 is 0 Å². The quantitative estimate of drug-likeness (QED) is 0.536. The first-order valence-electron chi connectivity index (χ1n) is 9.64. The van der Waals surface area contributed by atoms with E-state index in [2.05, 4.69) is 24.5 Å². The molecule has 0 atom stereocenters. The van der Waals surface area contributed by atoms with E-state index in [4.69, 9.17) is 14.2 Å². The normalized spacial score (nSPS) is 10.6. The molecule has 0 bridgehead atoms. The summed E-state index contributed by atoms with van der Waals surface area (Å²) in [5.41, 5.74) is 1.55. The molecular formula is C22H30N2O4. The Hall–Kier alpha value is -2.73. The van der Waals surface area contributed by atoms with E-state index in [1.807, 2.05) is 49.4 Å². The van der Waals surface area contributed by atoms with Gasteiger partial charge in [-0.2, -0.15) is 0 Å². The topological polar surface area (TPSA) is 68.8 Å². The predicted octanol–water partition coefficient (Wildman–Crippen LogP) is 4.19. The van der Waals surface area contributed by atoms with Crippen LogP contribution in [-0.4, -0.2) is 38.9 Å². The molecule has 0 radical (unpaired) electrons. The van der Waals surface area contributed by atoms with Crippen molar-refractivity contribution in [2.24, 2.45) is 5.92 Å². The molecule has 0 saturated heterocycles. The molecule has 0 unspecified atom stereocenters. The molecule has 0 aliphatic heterocycles. The lowest BCUT2D eigenvalue weighted by atomic mass is 10.2. The molecule has 152 valence electrons. The number of anilines is 2. The Kier molecular flexibility index (Phi) is 9.15. The van der Waals surface area contributed by atoms with Gasteiger partial charge in [0.15, 0.2) is 0 Å². The Labute approximate surface area is 167 Å². The van der Waals surface area contributed by atoms with Crippen molar-refractivity contribution in [1.82, 2.24) is 0 Å². The van der Waals surface area contributed by atoms with E-state index in [9.17, 15) is 4.79 Å². The van der Waals surface area contributed by atoms with Crippen molar-refractivity contribution in [2.45, 2.75) is 20.8 Å². The second-order valence-corrected chi connectivity index (χ2v) is 6.70. The summed E-state index contributed by atoms with van der Waals surface area (Å²) < 4.78 is 16.5. The molecule has 0 saturated carbocycles. The van der Waals surface area contributed by atoms with Crippen LogP contribution in [0.15, 0.2) is 48.5 Å². The van der Waals surface area contributed by atoms with Crippen LogP contribution in [0.5, 0.6) is 11.5 Å². The van der Waals surface area contributed by atoms with Crippen LogP contribution < -0.4 is 20.1 Å². The van der Waals surface area contributed by atoms with Crippen molar-refractivity contribution in [3.05, 3.63) is 48.5 Å². The standard InChI is InChI=1S/C22H30N2O4/c1-4-26-12-13-27-21-7-5-6-19(14-21)24-22(25)15-23-18-8-10-20(11-9-18)28-16-17(2)3/h5-11,14,17,23H,4,12-13,15-16H2,1-3H3,(H,24,25). The van der Waals surface area contributed by atoms with E-state index >= 15 is 0 Å². The number of ether oxygens (including phenoxy) is 3. The van der Waals surface area contributed by atoms with E-state index in [-0.39, 0.29) is 12.5 Å². The maximum atomic E-state index is 12.2. The molecule has 6 heteroatoms. The summed E-state index contributed by atoms with van der Waals surface area (Å²) in [4.78, 5) is 12.2. The minimum Gasteiger partial charge on any atom is -0.493 e. The molecule has 2 aromatic rings. The van der Waals surface area contributed by atoms with E-state index in [1.165, 1.54) is 0 Å². The lowest BCUT2D eigenvalue weighted by molar-refractivity contribution is -0.114. The van der Waals surface area contributed by atoms with Gasteiger partial charge in [-0.25, -0.2) is 0 Å². The Morgan fingerprint density at radius 2 is 1.75 bits per heavy atom. The third kappa shape index (κ3) is 8.31. The fourth-order valence-corrected chi connectivity index (χ4v) is 2.35. The van der Waals surface area contributed by atoms with Gasteiger partial charge < -0.3 is 24.8 Å². The van der Waals surface area contributed by atoms with Crippen LogP contribution in [0.4, 0.5) is 11.4 Å². The molecule has 0 aliphatic carbocycles. The average Bonchev–Trinajstić information content (AvgIpc) is 2.69. The number of hydrogen-bond donors (Lipinski definition) is 2. The maximum absolute atomic E-state index is 12.2. The molecule has 2 aromatic carbocycles. The van der Waals surface area contributed by atoms with Gasteiger partial charge in [0.2, 0.25) is 5.91 Å². The maximum Gasteiger partial charge on any atom is 0.243 e. The molecule has 0 fully saturated rings. The summed E-state index contributed by atoms with van der Waals surface area (Å²) >= 11 is 0. The number of hydrogen-bond acceptors (Lipinski definition) is 5. The minimum atomic E-state index is -0.133. The van der Waals surface area contributed by atoms with Gasteiger partial charge in [0, 0.05) is 24.0 Å². The number of rotatable bonds is 12. The largest absolute Gasteiger partial charge is 0.493 e. The van der Waals surface area contributed by atoms with Gasteiger partial charge in [0.1, 0.15) is 18.1 Å². The fraction of sp³-hybridized carbons (Fsp3) is 0.409. The summed E-state index contributed by atoms with van der Waals surface area (Å²) in [7, 11) is 0. The van der Waals surface area contributed by atoms with Gasteiger partial charge in [-0.3, -0.25) is 4.79 Å². The van der Waals surface area contributed by atoms with Crippen molar-refractivity contribution < 1.29 is 19.0 Å². The molecule has 0 aromatic heterocycles. The van der Waals surface area contributed by atoms with Crippen LogP contribution in [-0.2, 0) is 9.53 Å². The van der Waals surface area contributed by atoms with Crippen LogP contribution in [0.3, 0.4) is 0 Å². The summed E-state index contributed by atoms with van der Waals surface area (Å²) in [6, 6.07) is 14.9. The Balaban J connectivity index is 1.76. The molecule has 2 N–H and O–H groups in total. The third-order valence-corrected chi connectivity index (χ3v) is 3.71. The second-order valence-electron chi connectivity index (χ2n) is 6.70. The molecule has 2 rings (SSSR count). The number of amides is 1. The highest BCUT2D eigenvalue weighted by molar-refractivity contribution is 5.93. The van der Waals surface area contributed by atoms with Gasteiger partial charge in [-0.1, -0.05) is 19.9 Å². The monoisotopic (exact) mass is 386 g/mol.